The van der Waals surface area contributed by atoms with Crippen LogP contribution in [-0.4, -0.2) is 22.5 Å². The van der Waals surface area contributed by atoms with Gasteiger partial charge in [-0.05, 0) is 37.5 Å². The molecule has 0 aromatic heterocycles. The minimum atomic E-state index is -0.968. The first-order valence-electron chi connectivity index (χ1n) is 6.95. The fourth-order valence-corrected chi connectivity index (χ4v) is 2.02. The van der Waals surface area contributed by atoms with E-state index in [9.17, 15) is 14.0 Å². The molecule has 2 N–H and O–H groups in total. The highest BCUT2D eigenvalue weighted by atomic mass is 19.1. The lowest BCUT2D eigenvalue weighted by molar-refractivity contribution is -0.139. The van der Waals surface area contributed by atoms with Gasteiger partial charge >= 0.3 is 5.97 Å². The molecule has 0 spiro atoms. The van der Waals surface area contributed by atoms with Gasteiger partial charge in [-0.2, -0.15) is 0 Å². The topological polar surface area (TPSA) is 66.4 Å². The first-order chi connectivity index (χ1) is 9.65. The van der Waals surface area contributed by atoms with Crippen LogP contribution in [0.4, 0.5) is 4.39 Å². The number of carbonyl (C=O) groups excluding carboxylic acids is 1. The maximum absolute atomic E-state index is 13.2. The van der Waals surface area contributed by atoms with Gasteiger partial charge in [-0.3, -0.25) is 9.59 Å². The number of nitrogens with one attached hydrogen (secondary N) is 1. The average Bonchev–Trinajstić information content (AvgIpc) is 2.36. The molecule has 0 bridgehead atoms. The summed E-state index contributed by atoms with van der Waals surface area (Å²) in [5, 5.41) is 11.8. The minimum absolute atomic E-state index is 0.0442. The first kappa shape index (κ1) is 17.1. The molecule has 116 valence electrons. The van der Waals surface area contributed by atoms with Crippen molar-refractivity contribution in [3.63, 3.8) is 0 Å². The van der Waals surface area contributed by atoms with E-state index in [2.05, 4.69) is 5.32 Å². The number of carboxylic acids is 1. The smallest absolute Gasteiger partial charge is 0.305 e. The van der Waals surface area contributed by atoms with Crippen molar-refractivity contribution in [3.8, 4) is 0 Å². The summed E-state index contributed by atoms with van der Waals surface area (Å²) in [7, 11) is 0. The molecule has 0 saturated carbocycles. The summed E-state index contributed by atoms with van der Waals surface area (Å²) in [6.45, 7) is 7.10. The molecular weight excluding hydrogens is 273 g/mol. The zero-order chi connectivity index (χ0) is 16.2. The van der Waals surface area contributed by atoms with E-state index in [4.69, 9.17) is 5.11 Å². The van der Waals surface area contributed by atoms with Gasteiger partial charge in [0.15, 0.2) is 0 Å². The van der Waals surface area contributed by atoms with E-state index in [1.165, 1.54) is 12.1 Å². The van der Waals surface area contributed by atoms with Crippen LogP contribution in [-0.2, 0) is 9.59 Å². The van der Waals surface area contributed by atoms with Crippen molar-refractivity contribution in [3.05, 3.63) is 35.6 Å². The van der Waals surface area contributed by atoms with E-state index < -0.39 is 23.2 Å². The van der Waals surface area contributed by atoms with Gasteiger partial charge in [0.25, 0.3) is 0 Å². The number of hydrogen-bond acceptors (Lipinski definition) is 2. The van der Waals surface area contributed by atoms with E-state index in [0.717, 1.165) is 0 Å². The van der Waals surface area contributed by atoms with Gasteiger partial charge in [0, 0.05) is 5.54 Å². The number of carbonyl (C=O) groups is 2. The summed E-state index contributed by atoms with van der Waals surface area (Å²) < 4.78 is 13.2. The Bertz CT molecular complexity index is 530. The quantitative estimate of drug-likeness (QED) is 0.848. The van der Waals surface area contributed by atoms with Gasteiger partial charge in [0.2, 0.25) is 5.91 Å². The molecule has 1 aromatic carbocycles. The van der Waals surface area contributed by atoms with Gasteiger partial charge in [0.05, 0.1) is 12.3 Å². The molecule has 4 nitrogen and oxygen atoms in total. The Morgan fingerprint density at radius 1 is 1.33 bits per heavy atom. The summed E-state index contributed by atoms with van der Waals surface area (Å²) >= 11 is 0. The molecule has 1 amide bonds. The van der Waals surface area contributed by atoms with E-state index in [-0.39, 0.29) is 18.2 Å². The maximum atomic E-state index is 13.2. The third-order valence-corrected chi connectivity index (χ3v) is 3.94. The van der Waals surface area contributed by atoms with Crippen molar-refractivity contribution in [2.75, 3.05) is 0 Å². The summed E-state index contributed by atoms with van der Waals surface area (Å²) in [6.07, 6.45) is -0.160. The lowest BCUT2D eigenvalue weighted by Gasteiger charge is -2.34. The summed E-state index contributed by atoms with van der Waals surface area (Å²) in [5.41, 5.74) is -0.279. The molecule has 2 unspecified atom stereocenters. The standard InChI is InChI=1S/C16H22FNO3/c1-10(2)16(4,9-14(19)20)18-15(21)11(3)12-6-5-7-13(17)8-12/h5-8,10-11H,9H2,1-4H3,(H,18,21)(H,19,20). The molecule has 2 atom stereocenters. The highest BCUT2D eigenvalue weighted by Crippen LogP contribution is 2.24. The van der Waals surface area contributed by atoms with Crippen LogP contribution < -0.4 is 5.32 Å². The number of carboxylic acid groups (broad SMARTS) is 1. The van der Waals surface area contributed by atoms with Gasteiger partial charge in [0.1, 0.15) is 5.82 Å². The number of halogens is 1. The normalized spacial score (nSPS) is 15.3. The third kappa shape index (κ3) is 4.55. The highest BCUT2D eigenvalue weighted by Gasteiger charge is 2.34. The molecular formula is C16H22FNO3. The lowest BCUT2D eigenvalue weighted by Crippen LogP contribution is -2.52. The molecule has 0 aliphatic carbocycles. The Kier molecular flexibility index (Phi) is 5.47. The third-order valence-electron chi connectivity index (χ3n) is 3.94. The average molecular weight is 295 g/mol. The molecule has 21 heavy (non-hydrogen) atoms. The van der Waals surface area contributed by atoms with Crippen LogP contribution in [0.15, 0.2) is 24.3 Å². The van der Waals surface area contributed by atoms with Crippen LogP contribution in [0.25, 0.3) is 0 Å². The zero-order valence-electron chi connectivity index (χ0n) is 12.8. The fraction of sp³-hybridized carbons (Fsp3) is 0.500. The van der Waals surface area contributed by atoms with Crippen molar-refractivity contribution >= 4 is 11.9 Å². The summed E-state index contributed by atoms with van der Waals surface area (Å²) in [4.78, 5) is 23.3. The summed E-state index contributed by atoms with van der Waals surface area (Å²) in [6, 6.07) is 5.86. The van der Waals surface area contributed by atoms with Crippen LogP contribution in [0.5, 0.6) is 0 Å². The number of aliphatic carboxylic acids is 1. The Balaban J connectivity index is 2.89. The molecule has 0 fully saturated rings. The Hall–Kier alpha value is -1.91. The second-order valence-corrected chi connectivity index (χ2v) is 5.91. The SMILES string of the molecule is CC(C(=O)NC(C)(CC(=O)O)C(C)C)c1cccc(F)c1. The van der Waals surface area contributed by atoms with Crippen LogP contribution in [0, 0.1) is 11.7 Å². The fourth-order valence-electron chi connectivity index (χ4n) is 2.02. The van der Waals surface area contributed by atoms with Crippen LogP contribution in [0.2, 0.25) is 0 Å². The molecule has 0 saturated heterocycles. The zero-order valence-corrected chi connectivity index (χ0v) is 12.8. The van der Waals surface area contributed by atoms with E-state index >= 15 is 0 Å². The molecule has 0 heterocycles. The largest absolute Gasteiger partial charge is 0.481 e. The minimum Gasteiger partial charge on any atom is -0.481 e. The van der Waals surface area contributed by atoms with Crippen molar-refractivity contribution in [1.29, 1.82) is 0 Å². The molecule has 1 rings (SSSR count). The summed E-state index contributed by atoms with van der Waals surface area (Å²) in [5.74, 6) is -2.27. The van der Waals surface area contributed by atoms with Crippen molar-refractivity contribution in [2.24, 2.45) is 5.92 Å². The predicted octanol–water partition coefficient (Wildman–Crippen LogP) is 2.93. The highest BCUT2D eigenvalue weighted by molar-refractivity contribution is 5.84. The van der Waals surface area contributed by atoms with Crippen LogP contribution in [0.1, 0.15) is 45.6 Å². The molecule has 0 aliphatic rings. The molecule has 0 radical (unpaired) electrons. The Morgan fingerprint density at radius 3 is 2.43 bits per heavy atom. The van der Waals surface area contributed by atoms with Crippen LogP contribution >= 0.6 is 0 Å². The molecule has 5 heteroatoms. The Labute approximate surface area is 124 Å². The molecule has 1 aromatic rings. The monoisotopic (exact) mass is 295 g/mol. The Morgan fingerprint density at radius 2 is 1.95 bits per heavy atom. The van der Waals surface area contributed by atoms with Crippen molar-refractivity contribution < 1.29 is 19.1 Å². The number of rotatable bonds is 6. The number of benzene rings is 1. The van der Waals surface area contributed by atoms with Gasteiger partial charge in [-0.1, -0.05) is 26.0 Å². The number of hydrogen-bond donors (Lipinski definition) is 2. The van der Waals surface area contributed by atoms with Gasteiger partial charge in [-0.15, -0.1) is 0 Å². The lowest BCUT2D eigenvalue weighted by atomic mass is 9.84. The van der Waals surface area contributed by atoms with Crippen LogP contribution in [0.3, 0.4) is 0 Å². The molecule has 0 aliphatic heterocycles. The second kappa shape index (κ2) is 6.70. The van der Waals surface area contributed by atoms with Crippen molar-refractivity contribution in [2.45, 2.75) is 45.6 Å². The second-order valence-electron chi connectivity index (χ2n) is 5.91. The van der Waals surface area contributed by atoms with Gasteiger partial charge in [-0.25, -0.2) is 4.39 Å². The number of amides is 1. The predicted molar refractivity (Wildman–Crippen MR) is 78.5 cm³/mol. The van der Waals surface area contributed by atoms with E-state index in [0.29, 0.717) is 5.56 Å². The van der Waals surface area contributed by atoms with E-state index in [1.54, 1.807) is 26.0 Å². The first-order valence-corrected chi connectivity index (χ1v) is 6.95. The maximum Gasteiger partial charge on any atom is 0.305 e. The van der Waals surface area contributed by atoms with Crippen molar-refractivity contribution in [1.82, 2.24) is 5.32 Å². The van der Waals surface area contributed by atoms with E-state index in [1.807, 2.05) is 13.8 Å². The van der Waals surface area contributed by atoms with Gasteiger partial charge < -0.3 is 10.4 Å².